The van der Waals surface area contributed by atoms with E-state index in [1.54, 1.807) is 6.07 Å². The maximum absolute atomic E-state index is 13.6. The van der Waals surface area contributed by atoms with Crippen LogP contribution in [0.5, 0.6) is 0 Å². The molecule has 17 heavy (non-hydrogen) atoms. The summed E-state index contributed by atoms with van der Waals surface area (Å²) in [4.78, 5) is 12.6. The van der Waals surface area contributed by atoms with E-state index < -0.39 is 5.82 Å². The van der Waals surface area contributed by atoms with E-state index >= 15 is 0 Å². The van der Waals surface area contributed by atoms with E-state index in [2.05, 4.69) is 15.9 Å². The number of thiophene rings is 1. The van der Waals surface area contributed by atoms with E-state index in [4.69, 9.17) is 11.6 Å². The fraction of sp³-hybridized carbons (Fsp3) is 0.0833. The predicted octanol–water partition coefficient (Wildman–Crippen LogP) is 4.84. The summed E-state index contributed by atoms with van der Waals surface area (Å²) in [6.45, 7) is 1.88. The SMILES string of the molecule is Cc1cc(C(=O)c2c(F)cccc2Cl)sc1Br. The molecule has 88 valence electrons. The van der Waals surface area contributed by atoms with Crippen molar-refractivity contribution >= 4 is 44.7 Å². The highest BCUT2D eigenvalue weighted by atomic mass is 79.9. The van der Waals surface area contributed by atoms with Crippen LogP contribution in [0.15, 0.2) is 28.1 Å². The van der Waals surface area contributed by atoms with Crippen LogP contribution in [0.4, 0.5) is 4.39 Å². The molecule has 0 aliphatic rings. The third-order valence-corrected chi connectivity index (χ3v) is 4.72. The minimum absolute atomic E-state index is 0.0667. The molecular weight excluding hydrogens is 327 g/mol. The van der Waals surface area contributed by atoms with Crippen LogP contribution in [0.2, 0.25) is 5.02 Å². The summed E-state index contributed by atoms with van der Waals surface area (Å²) < 4.78 is 14.5. The van der Waals surface area contributed by atoms with Gasteiger partial charge in [0.25, 0.3) is 0 Å². The van der Waals surface area contributed by atoms with Gasteiger partial charge in [0.15, 0.2) is 0 Å². The Morgan fingerprint density at radius 2 is 2.18 bits per heavy atom. The molecule has 0 fully saturated rings. The standard InChI is InChI=1S/C12H7BrClFOS/c1-6-5-9(17-12(6)13)11(16)10-7(14)3-2-4-8(10)15/h2-5H,1H3. The molecule has 1 heterocycles. The van der Waals surface area contributed by atoms with Crippen molar-refractivity contribution < 1.29 is 9.18 Å². The van der Waals surface area contributed by atoms with Crippen LogP contribution < -0.4 is 0 Å². The van der Waals surface area contributed by atoms with Crippen molar-refractivity contribution in [2.45, 2.75) is 6.92 Å². The maximum atomic E-state index is 13.6. The summed E-state index contributed by atoms with van der Waals surface area (Å²) in [6.07, 6.45) is 0. The highest BCUT2D eigenvalue weighted by molar-refractivity contribution is 9.11. The minimum atomic E-state index is -0.593. The average molecular weight is 334 g/mol. The third kappa shape index (κ3) is 2.44. The van der Waals surface area contributed by atoms with Crippen LogP contribution in [0.25, 0.3) is 0 Å². The summed E-state index contributed by atoms with van der Waals surface area (Å²) in [6, 6.07) is 5.94. The number of carbonyl (C=O) groups is 1. The lowest BCUT2D eigenvalue weighted by Gasteiger charge is -2.02. The Balaban J connectivity index is 2.51. The topological polar surface area (TPSA) is 17.1 Å². The van der Waals surface area contributed by atoms with E-state index in [0.717, 1.165) is 9.35 Å². The Bertz CT molecular complexity index is 554. The first-order chi connectivity index (χ1) is 8.00. The van der Waals surface area contributed by atoms with Gasteiger partial charge in [-0.1, -0.05) is 17.7 Å². The fourth-order valence-corrected chi connectivity index (χ4v) is 3.14. The lowest BCUT2D eigenvalue weighted by Crippen LogP contribution is -2.03. The molecule has 0 atom stereocenters. The van der Waals surface area contributed by atoms with Gasteiger partial charge in [-0.05, 0) is 46.6 Å². The highest BCUT2D eigenvalue weighted by Crippen LogP contribution is 2.31. The summed E-state index contributed by atoms with van der Waals surface area (Å²) >= 11 is 10.5. The first-order valence-corrected chi connectivity index (χ1v) is 6.74. The molecule has 0 aliphatic carbocycles. The number of rotatable bonds is 2. The smallest absolute Gasteiger partial charge is 0.207 e. The number of halogens is 3. The summed E-state index contributed by atoms with van der Waals surface area (Å²) in [5, 5.41) is 0.136. The van der Waals surface area contributed by atoms with Crippen molar-refractivity contribution in [1.82, 2.24) is 0 Å². The van der Waals surface area contributed by atoms with Gasteiger partial charge in [-0.25, -0.2) is 4.39 Å². The second kappa shape index (κ2) is 4.88. The Labute approximate surface area is 115 Å². The molecule has 2 aromatic rings. The lowest BCUT2D eigenvalue weighted by molar-refractivity contribution is 0.103. The van der Waals surface area contributed by atoms with E-state index in [1.807, 2.05) is 6.92 Å². The second-order valence-electron chi connectivity index (χ2n) is 3.49. The molecule has 0 aliphatic heterocycles. The van der Waals surface area contributed by atoms with Crippen molar-refractivity contribution in [3.8, 4) is 0 Å². The number of aryl methyl sites for hydroxylation is 1. The second-order valence-corrected chi connectivity index (χ2v) is 6.27. The van der Waals surface area contributed by atoms with Gasteiger partial charge in [0.05, 0.1) is 19.2 Å². The van der Waals surface area contributed by atoms with Crippen LogP contribution in [0, 0.1) is 12.7 Å². The first kappa shape index (κ1) is 12.7. The van der Waals surface area contributed by atoms with Crippen molar-refractivity contribution in [2.24, 2.45) is 0 Å². The molecule has 0 saturated carbocycles. The Morgan fingerprint density at radius 3 is 2.71 bits per heavy atom. The van der Waals surface area contributed by atoms with Crippen LogP contribution in [-0.2, 0) is 0 Å². The summed E-state index contributed by atoms with van der Waals surface area (Å²) in [5.74, 6) is -0.975. The van der Waals surface area contributed by atoms with Gasteiger partial charge in [0, 0.05) is 0 Å². The summed E-state index contributed by atoms with van der Waals surface area (Å²) in [7, 11) is 0. The molecule has 0 radical (unpaired) electrons. The monoisotopic (exact) mass is 332 g/mol. The molecular formula is C12H7BrClFOS. The largest absolute Gasteiger partial charge is 0.288 e. The van der Waals surface area contributed by atoms with Gasteiger partial charge >= 0.3 is 0 Å². The molecule has 2 rings (SSSR count). The Morgan fingerprint density at radius 1 is 1.47 bits per heavy atom. The van der Waals surface area contributed by atoms with Gasteiger partial charge in [-0.15, -0.1) is 11.3 Å². The third-order valence-electron chi connectivity index (χ3n) is 2.27. The van der Waals surface area contributed by atoms with Crippen LogP contribution >= 0.6 is 38.9 Å². The van der Waals surface area contributed by atoms with Crippen molar-refractivity contribution in [3.05, 3.63) is 54.9 Å². The minimum Gasteiger partial charge on any atom is -0.288 e. The zero-order valence-electron chi connectivity index (χ0n) is 8.76. The number of hydrogen-bond acceptors (Lipinski definition) is 2. The van der Waals surface area contributed by atoms with E-state index in [9.17, 15) is 9.18 Å². The van der Waals surface area contributed by atoms with Gasteiger partial charge in [0.2, 0.25) is 5.78 Å². The van der Waals surface area contributed by atoms with E-state index in [-0.39, 0.29) is 16.4 Å². The maximum Gasteiger partial charge on any atom is 0.207 e. The molecule has 0 bridgehead atoms. The van der Waals surface area contributed by atoms with Crippen LogP contribution in [0.3, 0.4) is 0 Å². The van der Waals surface area contributed by atoms with E-state index in [0.29, 0.717) is 4.88 Å². The van der Waals surface area contributed by atoms with Crippen molar-refractivity contribution in [3.63, 3.8) is 0 Å². The molecule has 5 heteroatoms. The lowest BCUT2D eigenvalue weighted by atomic mass is 10.1. The molecule has 0 spiro atoms. The van der Waals surface area contributed by atoms with Gasteiger partial charge < -0.3 is 0 Å². The van der Waals surface area contributed by atoms with Gasteiger partial charge in [0.1, 0.15) is 5.82 Å². The first-order valence-electron chi connectivity index (χ1n) is 4.75. The fourth-order valence-electron chi connectivity index (χ4n) is 1.41. The molecule has 0 saturated heterocycles. The molecule has 0 N–H and O–H groups in total. The Hall–Kier alpha value is -0.710. The summed E-state index contributed by atoms with van der Waals surface area (Å²) in [5.41, 5.74) is 0.883. The van der Waals surface area contributed by atoms with Crippen molar-refractivity contribution in [2.75, 3.05) is 0 Å². The van der Waals surface area contributed by atoms with Gasteiger partial charge in [-0.2, -0.15) is 0 Å². The number of ketones is 1. The molecule has 1 nitrogen and oxygen atoms in total. The molecule has 0 amide bonds. The molecule has 1 aromatic heterocycles. The Kier molecular flexibility index (Phi) is 3.66. The highest BCUT2D eigenvalue weighted by Gasteiger charge is 2.19. The van der Waals surface area contributed by atoms with Crippen molar-refractivity contribution in [1.29, 1.82) is 0 Å². The van der Waals surface area contributed by atoms with Gasteiger partial charge in [-0.3, -0.25) is 4.79 Å². The number of hydrogen-bond donors (Lipinski definition) is 0. The normalized spacial score (nSPS) is 10.6. The molecule has 0 unspecified atom stereocenters. The van der Waals surface area contributed by atoms with E-state index in [1.165, 1.54) is 29.5 Å². The van der Waals surface area contributed by atoms with Crippen LogP contribution in [-0.4, -0.2) is 5.78 Å². The number of benzene rings is 1. The average Bonchev–Trinajstić information content (AvgIpc) is 2.59. The number of carbonyl (C=O) groups excluding carboxylic acids is 1. The quantitative estimate of drug-likeness (QED) is 0.719. The zero-order valence-corrected chi connectivity index (χ0v) is 11.9. The molecule has 1 aromatic carbocycles. The van der Waals surface area contributed by atoms with Crippen LogP contribution in [0.1, 0.15) is 20.8 Å². The predicted molar refractivity (Wildman–Crippen MR) is 71.6 cm³/mol. The zero-order chi connectivity index (χ0) is 12.6.